The molecule has 0 atom stereocenters. The summed E-state index contributed by atoms with van der Waals surface area (Å²) >= 11 is 0. The number of carbonyl (C=O) groups excluding carboxylic acids is 1. The summed E-state index contributed by atoms with van der Waals surface area (Å²) in [6.07, 6.45) is 5.30. The number of aliphatic carboxylic acids is 1. The quantitative estimate of drug-likeness (QED) is 0.843. The van der Waals surface area contributed by atoms with Gasteiger partial charge in [-0.05, 0) is 54.9 Å². The third-order valence-corrected chi connectivity index (χ3v) is 4.93. The van der Waals surface area contributed by atoms with E-state index in [1.807, 2.05) is 12.1 Å². The number of benzene rings is 1. The van der Waals surface area contributed by atoms with E-state index >= 15 is 0 Å². The lowest BCUT2D eigenvalue weighted by Gasteiger charge is -2.20. The Morgan fingerprint density at radius 1 is 1.38 bits per heavy atom. The molecule has 5 nitrogen and oxygen atoms in total. The van der Waals surface area contributed by atoms with Crippen LogP contribution < -0.4 is 0 Å². The largest absolute Gasteiger partial charge is 0.481 e. The highest BCUT2D eigenvalue weighted by Crippen LogP contribution is 2.39. The van der Waals surface area contributed by atoms with Crippen LogP contribution in [0.15, 0.2) is 22.8 Å². The minimum absolute atomic E-state index is 0.125. The lowest BCUT2D eigenvalue weighted by molar-refractivity contribution is -0.136. The second-order valence-electron chi connectivity index (χ2n) is 6.44. The molecule has 0 aromatic heterocycles. The van der Waals surface area contributed by atoms with Crippen LogP contribution >= 0.6 is 0 Å². The molecule has 5 heteroatoms. The molecule has 24 heavy (non-hydrogen) atoms. The van der Waals surface area contributed by atoms with Gasteiger partial charge in [0.2, 0.25) is 5.90 Å². The number of rotatable bonds is 5. The molecular formula is C19H21NO4. The van der Waals surface area contributed by atoms with Gasteiger partial charge in [-0.1, -0.05) is 18.9 Å². The Kier molecular flexibility index (Phi) is 4.81. The van der Waals surface area contributed by atoms with Crippen molar-refractivity contribution in [3.8, 4) is 0 Å². The van der Waals surface area contributed by atoms with Crippen LogP contribution in [0.25, 0.3) is 0 Å². The maximum Gasteiger partial charge on any atom is 0.303 e. The van der Waals surface area contributed by atoms with Gasteiger partial charge in [0, 0.05) is 12.0 Å². The molecule has 1 heterocycles. The Hall–Kier alpha value is -2.39. The van der Waals surface area contributed by atoms with E-state index in [1.54, 1.807) is 5.94 Å². The summed E-state index contributed by atoms with van der Waals surface area (Å²) in [5.74, 6) is 1.95. The Labute approximate surface area is 141 Å². The third kappa shape index (κ3) is 3.26. The summed E-state index contributed by atoms with van der Waals surface area (Å²) in [6, 6.07) is 3.92. The molecule has 0 unspecified atom stereocenters. The van der Waals surface area contributed by atoms with Gasteiger partial charge >= 0.3 is 5.97 Å². The molecule has 126 valence electrons. The second-order valence-corrected chi connectivity index (χ2v) is 6.44. The normalized spacial score (nSPS) is 17.5. The molecule has 0 saturated heterocycles. The fourth-order valence-corrected chi connectivity index (χ4v) is 3.73. The van der Waals surface area contributed by atoms with E-state index in [-0.39, 0.29) is 18.7 Å². The third-order valence-electron chi connectivity index (χ3n) is 4.93. The molecule has 0 spiro atoms. The summed E-state index contributed by atoms with van der Waals surface area (Å²) in [5.41, 5.74) is 4.63. The maximum absolute atomic E-state index is 10.9. The van der Waals surface area contributed by atoms with E-state index in [9.17, 15) is 9.59 Å². The predicted octanol–water partition coefficient (Wildman–Crippen LogP) is 3.16. The van der Waals surface area contributed by atoms with Gasteiger partial charge in [-0.15, -0.1) is 0 Å². The van der Waals surface area contributed by atoms with E-state index in [4.69, 9.17) is 9.84 Å². The maximum atomic E-state index is 10.9. The monoisotopic (exact) mass is 327 g/mol. The average molecular weight is 327 g/mol. The van der Waals surface area contributed by atoms with Crippen LogP contribution in [-0.2, 0) is 20.7 Å². The highest BCUT2D eigenvalue weighted by atomic mass is 16.5. The van der Waals surface area contributed by atoms with Crippen molar-refractivity contribution in [2.45, 2.75) is 51.4 Å². The van der Waals surface area contributed by atoms with Gasteiger partial charge in [0.25, 0.3) is 0 Å². The van der Waals surface area contributed by atoms with Gasteiger partial charge in [0.15, 0.2) is 11.6 Å². The van der Waals surface area contributed by atoms with Crippen molar-refractivity contribution >= 4 is 17.8 Å². The number of aryl methyl sites for hydroxylation is 1. The molecular weight excluding hydrogens is 306 g/mol. The molecule has 1 aliphatic carbocycles. The van der Waals surface area contributed by atoms with Crippen molar-refractivity contribution in [1.29, 1.82) is 0 Å². The van der Waals surface area contributed by atoms with Crippen LogP contribution in [-0.4, -0.2) is 29.5 Å². The van der Waals surface area contributed by atoms with Crippen molar-refractivity contribution in [3.63, 3.8) is 0 Å². The number of hydrogen-bond donors (Lipinski definition) is 1. The molecule has 1 aromatic rings. The zero-order chi connectivity index (χ0) is 17.1. The Bertz CT molecular complexity index is 738. The van der Waals surface area contributed by atoms with Gasteiger partial charge in [-0.25, -0.2) is 9.79 Å². The van der Waals surface area contributed by atoms with Crippen molar-refractivity contribution < 1.29 is 19.4 Å². The number of hydrogen-bond acceptors (Lipinski definition) is 4. The Balaban J connectivity index is 2.03. The topological polar surface area (TPSA) is 76.0 Å². The first kappa shape index (κ1) is 16.5. The fourth-order valence-electron chi connectivity index (χ4n) is 3.73. The van der Waals surface area contributed by atoms with Gasteiger partial charge in [0.1, 0.15) is 6.61 Å². The van der Waals surface area contributed by atoms with Crippen molar-refractivity contribution in [2.75, 3.05) is 6.61 Å². The highest BCUT2D eigenvalue weighted by molar-refractivity contribution is 5.99. The van der Waals surface area contributed by atoms with Gasteiger partial charge < -0.3 is 9.84 Å². The summed E-state index contributed by atoms with van der Waals surface area (Å²) < 4.78 is 5.59. The molecule has 1 aliphatic heterocycles. The van der Waals surface area contributed by atoms with Crippen LogP contribution in [0.4, 0.5) is 0 Å². The molecule has 1 N–H and O–H groups in total. The Morgan fingerprint density at radius 3 is 2.75 bits per heavy atom. The number of ether oxygens (including phenoxy) is 1. The number of aliphatic imine (C=N–C) groups is 1. The number of carbonyl (C=O) groups is 1. The van der Waals surface area contributed by atoms with Crippen LogP contribution in [0, 0.1) is 6.92 Å². The van der Waals surface area contributed by atoms with Crippen LogP contribution in [0.5, 0.6) is 0 Å². The van der Waals surface area contributed by atoms with E-state index < -0.39 is 5.97 Å². The molecule has 1 aromatic carbocycles. The highest BCUT2D eigenvalue weighted by Gasteiger charge is 2.27. The van der Waals surface area contributed by atoms with Gasteiger partial charge in [-0.3, -0.25) is 4.79 Å². The fraction of sp³-hybridized carbons (Fsp3) is 0.474. The summed E-state index contributed by atoms with van der Waals surface area (Å²) in [7, 11) is 0. The molecule has 1 saturated carbocycles. The Morgan fingerprint density at radius 2 is 2.12 bits per heavy atom. The summed E-state index contributed by atoms with van der Waals surface area (Å²) in [5, 5.41) is 8.95. The lowest BCUT2D eigenvalue weighted by atomic mass is 9.85. The number of nitrogens with zero attached hydrogens (tertiary/aromatic N) is 1. The van der Waals surface area contributed by atoms with Crippen LogP contribution in [0.2, 0.25) is 0 Å². The summed E-state index contributed by atoms with van der Waals surface area (Å²) in [6.45, 7) is 2.23. The first-order valence-corrected chi connectivity index (χ1v) is 8.40. The van der Waals surface area contributed by atoms with E-state index in [0.717, 1.165) is 29.5 Å². The van der Waals surface area contributed by atoms with Crippen LogP contribution in [0.1, 0.15) is 60.3 Å². The predicted molar refractivity (Wildman–Crippen MR) is 90.0 cm³/mol. The molecule has 0 amide bonds. The first-order chi connectivity index (χ1) is 11.6. The standard InChI is InChI=1S/C19H21NO4/c1-12-13(7-9-17(22)23)6-8-16(18(12)14-4-2-3-5-14)19-20-15(10-21)11-24-19/h6,8,14H,2-5,7,9,11H2,1H3,(H,22,23). The van der Waals surface area contributed by atoms with E-state index in [0.29, 0.717) is 18.2 Å². The molecule has 0 radical (unpaired) electrons. The number of carboxylic acids is 1. The van der Waals surface area contributed by atoms with Gasteiger partial charge in [0.05, 0.1) is 0 Å². The number of carboxylic acid groups (broad SMARTS) is 1. The molecule has 3 rings (SSSR count). The first-order valence-electron chi connectivity index (χ1n) is 8.40. The molecule has 0 bridgehead atoms. The van der Waals surface area contributed by atoms with E-state index in [1.165, 1.54) is 18.4 Å². The SMILES string of the molecule is Cc1c(CCC(=O)O)ccc(C2=NC(=C=O)CO2)c1C1CCCC1. The second kappa shape index (κ2) is 7.02. The average Bonchev–Trinajstić information content (AvgIpc) is 3.24. The summed E-state index contributed by atoms with van der Waals surface area (Å²) in [4.78, 5) is 25.9. The van der Waals surface area contributed by atoms with E-state index in [2.05, 4.69) is 11.9 Å². The van der Waals surface area contributed by atoms with Crippen molar-refractivity contribution in [3.05, 3.63) is 40.1 Å². The smallest absolute Gasteiger partial charge is 0.303 e. The zero-order valence-electron chi connectivity index (χ0n) is 13.8. The zero-order valence-corrected chi connectivity index (χ0v) is 13.8. The lowest BCUT2D eigenvalue weighted by Crippen LogP contribution is -2.12. The van der Waals surface area contributed by atoms with Crippen LogP contribution in [0.3, 0.4) is 0 Å². The molecule has 2 aliphatic rings. The minimum atomic E-state index is -0.787. The minimum Gasteiger partial charge on any atom is -0.481 e. The van der Waals surface area contributed by atoms with Crippen molar-refractivity contribution in [2.24, 2.45) is 4.99 Å². The van der Waals surface area contributed by atoms with Gasteiger partial charge in [-0.2, -0.15) is 0 Å². The molecule has 1 fully saturated rings. The van der Waals surface area contributed by atoms with Crippen molar-refractivity contribution in [1.82, 2.24) is 0 Å².